The Morgan fingerprint density at radius 1 is 1.44 bits per heavy atom. The number of halogens is 1. The van der Waals surface area contributed by atoms with E-state index in [2.05, 4.69) is 32.1 Å². The molecule has 1 rings (SSSR count). The van der Waals surface area contributed by atoms with Crippen LogP contribution in [0.5, 0.6) is 0 Å². The highest BCUT2D eigenvalue weighted by atomic mass is 79.9. The summed E-state index contributed by atoms with van der Waals surface area (Å²) in [7, 11) is 0. The number of carbonyl (C=O) groups excluding carboxylic acids is 1. The normalized spacial score (nSPS) is 28.2. The molecule has 0 saturated heterocycles. The minimum Gasteiger partial charge on any atom is -0.357 e. The predicted octanol–water partition coefficient (Wildman–Crippen LogP) is 1.45. The first-order valence-electron chi connectivity index (χ1n) is 5.18. The Hall–Kier alpha value is -0.360. The molecule has 6 heteroatoms. The van der Waals surface area contributed by atoms with Crippen molar-refractivity contribution in [3.05, 3.63) is 0 Å². The lowest BCUT2D eigenvalue weighted by molar-refractivity contribution is -0.126. The third-order valence-electron chi connectivity index (χ3n) is 2.43. The summed E-state index contributed by atoms with van der Waals surface area (Å²) >= 11 is 8.47. The molecule has 0 unspecified atom stereocenters. The molecule has 4 nitrogen and oxygen atoms in total. The van der Waals surface area contributed by atoms with Gasteiger partial charge in [-0.25, -0.2) is 0 Å². The van der Waals surface area contributed by atoms with Gasteiger partial charge in [0.25, 0.3) is 0 Å². The van der Waals surface area contributed by atoms with Crippen LogP contribution in [0.1, 0.15) is 34.1 Å². The van der Waals surface area contributed by atoms with E-state index in [4.69, 9.17) is 12.2 Å². The first kappa shape index (κ1) is 13.7. The molecule has 1 saturated carbocycles. The van der Waals surface area contributed by atoms with Crippen molar-refractivity contribution in [1.29, 1.82) is 0 Å². The highest BCUT2D eigenvalue weighted by molar-refractivity contribution is 9.09. The van der Waals surface area contributed by atoms with Crippen LogP contribution >= 0.6 is 28.1 Å². The maximum atomic E-state index is 11.7. The molecule has 3 N–H and O–H groups in total. The van der Waals surface area contributed by atoms with Gasteiger partial charge in [0.05, 0.1) is 5.41 Å². The maximum Gasteiger partial charge on any atom is 0.245 e. The van der Waals surface area contributed by atoms with Crippen molar-refractivity contribution in [1.82, 2.24) is 16.2 Å². The highest BCUT2D eigenvalue weighted by Crippen LogP contribution is 2.51. The van der Waals surface area contributed by atoms with E-state index in [0.29, 0.717) is 5.11 Å². The van der Waals surface area contributed by atoms with Gasteiger partial charge in [-0.15, -0.1) is 0 Å². The zero-order chi connectivity index (χ0) is 12.6. The zero-order valence-corrected chi connectivity index (χ0v) is 12.4. The van der Waals surface area contributed by atoms with E-state index < -0.39 is 0 Å². The van der Waals surface area contributed by atoms with Crippen molar-refractivity contribution in [3.63, 3.8) is 0 Å². The van der Waals surface area contributed by atoms with Gasteiger partial charge in [0.15, 0.2) is 5.11 Å². The average Bonchev–Trinajstić information content (AvgIpc) is 2.69. The molecule has 0 radical (unpaired) electrons. The molecule has 0 spiro atoms. The second-order valence-corrected chi connectivity index (χ2v) is 6.89. The number of hydrogen-bond acceptors (Lipinski definition) is 2. The van der Waals surface area contributed by atoms with Gasteiger partial charge >= 0.3 is 0 Å². The SMILES string of the molecule is CC(C)(C)NC(=S)NNC(=O)[C@@]1(C)C[C@H]1Br. The van der Waals surface area contributed by atoms with Crippen LogP contribution in [-0.4, -0.2) is 21.4 Å². The van der Waals surface area contributed by atoms with Crippen molar-refractivity contribution in [2.75, 3.05) is 0 Å². The number of alkyl halides is 1. The lowest BCUT2D eigenvalue weighted by atomic mass is 10.1. The van der Waals surface area contributed by atoms with Crippen LogP contribution in [0.3, 0.4) is 0 Å². The van der Waals surface area contributed by atoms with E-state index in [1.54, 1.807) is 0 Å². The molecule has 1 aliphatic rings. The second kappa shape index (κ2) is 4.49. The molecule has 1 aliphatic carbocycles. The maximum absolute atomic E-state index is 11.7. The Balaban J connectivity index is 2.30. The number of hydrogen-bond donors (Lipinski definition) is 3. The molecule has 0 aliphatic heterocycles. The standard InChI is InChI=1S/C10H18BrN3OS/c1-9(2,3)12-8(16)14-13-7(15)10(4)5-6(10)11/h6H,5H2,1-4H3,(H,13,15)(H2,12,14,16)/t6-,10+/m1/s1. The van der Waals surface area contributed by atoms with E-state index in [0.717, 1.165) is 6.42 Å². The Labute approximate surface area is 110 Å². The fraction of sp³-hybridized carbons (Fsp3) is 0.800. The summed E-state index contributed by atoms with van der Waals surface area (Å²) in [5, 5.41) is 3.48. The van der Waals surface area contributed by atoms with Crippen LogP contribution in [0, 0.1) is 5.41 Å². The summed E-state index contributed by atoms with van der Waals surface area (Å²) in [6.45, 7) is 7.92. The van der Waals surface area contributed by atoms with Crippen LogP contribution in [0.2, 0.25) is 0 Å². The minimum absolute atomic E-state index is 0.0348. The smallest absolute Gasteiger partial charge is 0.245 e. The fourth-order valence-corrected chi connectivity index (χ4v) is 2.41. The Morgan fingerprint density at radius 2 is 1.94 bits per heavy atom. The number of amides is 1. The first-order valence-corrected chi connectivity index (χ1v) is 6.50. The molecule has 0 heterocycles. The van der Waals surface area contributed by atoms with Gasteiger partial charge in [-0.3, -0.25) is 15.6 Å². The largest absolute Gasteiger partial charge is 0.357 e. The van der Waals surface area contributed by atoms with Gasteiger partial charge in [0, 0.05) is 10.4 Å². The lowest BCUT2D eigenvalue weighted by Gasteiger charge is -2.23. The Morgan fingerprint density at radius 3 is 2.31 bits per heavy atom. The molecule has 1 amide bonds. The van der Waals surface area contributed by atoms with Gasteiger partial charge in [-0.2, -0.15) is 0 Å². The number of nitrogens with one attached hydrogen (secondary N) is 3. The van der Waals surface area contributed by atoms with Crippen LogP contribution in [0.4, 0.5) is 0 Å². The number of thiocarbonyl (C=S) groups is 1. The monoisotopic (exact) mass is 307 g/mol. The fourth-order valence-electron chi connectivity index (χ4n) is 1.18. The molecule has 0 aromatic carbocycles. The van der Waals surface area contributed by atoms with Crippen LogP contribution in [0.15, 0.2) is 0 Å². The topological polar surface area (TPSA) is 53.2 Å². The molecule has 16 heavy (non-hydrogen) atoms. The minimum atomic E-state index is -0.301. The molecule has 0 aromatic heterocycles. The molecule has 2 atom stereocenters. The predicted molar refractivity (Wildman–Crippen MR) is 72.2 cm³/mol. The summed E-state index contributed by atoms with van der Waals surface area (Å²) in [5.41, 5.74) is 4.91. The van der Waals surface area contributed by atoms with Crippen molar-refractivity contribution < 1.29 is 4.79 Å². The van der Waals surface area contributed by atoms with Gasteiger partial charge in [-0.05, 0) is 46.3 Å². The third-order valence-corrected chi connectivity index (χ3v) is 3.97. The van der Waals surface area contributed by atoms with Crippen LogP contribution < -0.4 is 16.2 Å². The van der Waals surface area contributed by atoms with E-state index in [9.17, 15) is 4.79 Å². The summed E-state index contributed by atoms with van der Waals surface area (Å²) in [4.78, 5) is 12.0. The Bertz CT molecular complexity index is 316. The first-order chi connectivity index (χ1) is 7.15. The molecular formula is C10H18BrN3OS. The molecule has 0 aromatic rings. The van der Waals surface area contributed by atoms with Crippen LogP contribution in [0.25, 0.3) is 0 Å². The zero-order valence-electron chi connectivity index (χ0n) is 9.98. The summed E-state index contributed by atoms with van der Waals surface area (Å²) in [6.07, 6.45) is 0.861. The van der Waals surface area contributed by atoms with Gasteiger partial charge in [0.2, 0.25) is 5.91 Å². The van der Waals surface area contributed by atoms with Crippen molar-refractivity contribution >= 4 is 39.2 Å². The van der Waals surface area contributed by atoms with E-state index >= 15 is 0 Å². The van der Waals surface area contributed by atoms with Crippen molar-refractivity contribution in [2.45, 2.75) is 44.5 Å². The van der Waals surface area contributed by atoms with E-state index in [-0.39, 0.29) is 21.7 Å². The van der Waals surface area contributed by atoms with Crippen molar-refractivity contribution in [2.24, 2.45) is 5.41 Å². The summed E-state index contributed by atoms with van der Waals surface area (Å²) in [6, 6.07) is 0. The summed E-state index contributed by atoms with van der Waals surface area (Å²) < 4.78 is 0. The number of hydrazine groups is 1. The summed E-state index contributed by atoms with van der Waals surface area (Å²) in [5.74, 6) is -0.0348. The highest BCUT2D eigenvalue weighted by Gasteiger charge is 2.54. The number of carbonyl (C=O) groups is 1. The van der Waals surface area contributed by atoms with Gasteiger partial charge in [-0.1, -0.05) is 15.9 Å². The third kappa shape index (κ3) is 3.59. The van der Waals surface area contributed by atoms with E-state index in [1.165, 1.54) is 0 Å². The second-order valence-electron chi connectivity index (χ2n) is 5.37. The Kier molecular flexibility index (Phi) is 3.84. The lowest BCUT2D eigenvalue weighted by Crippen LogP contribution is -2.53. The molecule has 0 bridgehead atoms. The average molecular weight is 308 g/mol. The molecule has 92 valence electrons. The van der Waals surface area contributed by atoms with E-state index in [1.807, 2.05) is 27.7 Å². The van der Waals surface area contributed by atoms with Gasteiger partial charge < -0.3 is 5.32 Å². The van der Waals surface area contributed by atoms with Crippen molar-refractivity contribution in [3.8, 4) is 0 Å². The van der Waals surface area contributed by atoms with Gasteiger partial charge in [0.1, 0.15) is 0 Å². The van der Waals surface area contributed by atoms with Crippen LogP contribution in [-0.2, 0) is 4.79 Å². The number of rotatable bonds is 1. The molecular weight excluding hydrogens is 290 g/mol. The molecule has 1 fully saturated rings. The quantitative estimate of drug-likeness (QED) is 0.390.